The fourth-order valence-corrected chi connectivity index (χ4v) is 2.13. The number of carbonyl (C=O) groups excluding carboxylic acids is 1. The molecule has 3 N–H and O–H groups in total. The molecule has 1 amide bonds. The third-order valence-electron chi connectivity index (χ3n) is 3.27. The van der Waals surface area contributed by atoms with Crippen LogP contribution >= 0.6 is 0 Å². The highest BCUT2D eigenvalue weighted by Crippen LogP contribution is 2.17. The molecule has 5 heteroatoms. The molecule has 2 atom stereocenters. The van der Waals surface area contributed by atoms with Gasteiger partial charge < -0.3 is 20.5 Å². The van der Waals surface area contributed by atoms with Gasteiger partial charge >= 0.3 is 0 Å². The predicted octanol–water partition coefficient (Wildman–Crippen LogP) is 0.818. The minimum atomic E-state index is -0.130. The molecule has 1 heterocycles. The lowest BCUT2D eigenvalue weighted by Crippen LogP contribution is -2.41. The molecule has 0 radical (unpaired) electrons. The minimum absolute atomic E-state index is 0.000231. The number of ether oxygens (including phenoxy) is 2. The Labute approximate surface area is 113 Å². The summed E-state index contributed by atoms with van der Waals surface area (Å²) in [4.78, 5) is 11.8. The van der Waals surface area contributed by atoms with Gasteiger partial charge in [-0.1, -0.05) is 18.2 Å². The maximum Gasteiger partial charge on any atom is 0.258 e. The average Bonchev–Trinajstić information content (AvgIpc) is 2.82. The van der Waals surface area contributed by atoms with Gasteiger partial charge in [0.1, 0.15) is 5.75 Å². The summed E-state index contributed by atoms with van der Waals surface area (Å²) in [6.07, 6.45) is 0.923. The molecular weight excluding hydrogens is 244 g/mol. The van der Waals surface area contributed by atoms with E-state index in [1.54, 1.807) is 0 Å². The van der Waals surface area contributed by atoms with Gasteiger partial charge in [0.15, 0.2) is 6.61 Å². The standard InChI is InChI=1S/C14H20N2O3/c1-10-12(6-7-18-10)16-14(17)9-19-13-5-3-2-4-11(13)8-15/h2-5,10,12H,6-9,15H2,1H3,(H,16,17). The van der Waals surface area contributed by atoms with E-state index >= 15 is 0 Å². The number of nitrogens with one attached hydrogen (secondary N) is 1. The molecule has 1 fully saturated rings. The van der Waals surface area contributed by atoms with Gasteiger partial charge in [-0.25, -0.2) is 0 Å². The van der Waals surface area contributed by atoms with E-state index in [1.165, 1.54) is 0 Å². The van der Waals surface area contributed by atoms with Crippen LogP contribution in [0.4, 0.5) is 0 Å². The molecule has 1 aromatic rings. The van der Waals surface area contributed by atoms with Gasteiger partial charge in [-0.3, -0.25) is 4.79 Å². The first-order chi connectivity index (χ1) is 9.20. The number of hydrogen-bond acceptors (Lipinski definition) is 4. The quantitative estimate of drug-likeness (QED) is 0.825. The van der Waals surface area contributed by atoms with Crippen LogP contribution in [0, 0.1) is 0 Å². The van der Waals surface area contributed by atoms with Crippen molar-refractivity contribution >= 4 is 5.91 Å². The van der Waals surface area contributed by atoms with Gasteiger partial charge in [-0.15, -0.1) is 0 Å². The van der Waals surface area contributed by atoms with Crippen molar-refractivity contribution in [1.82, 2.24) is 5.32 Å². The lowest BCUT2D eigenvalue weighted by atomic mass is 10.1. The molecule has 104 valence electrons. The molecule has 0 spiro atoms. The van der Waals surface area contributed by atoms with Crippen LogP contribution in [0.1, 0.15) is 18.9 Å². The van der Waals surface area contributed by atoms with E-state index in [9.17, 15) is 4.79 Å². The van der Waals surface area contributed by atoms with Gasteiger partial charge in [-0.2, -0.15) is 0 Å². The molecule has 2 unspecified atom stereocenters. The second kappa shape index (κ2) is 6.54. The lowest BCUT2D eigenvalue weighted by Gasteiger charge is -2.16. The number of rotatable bonds is 5. The Bertz CT molecular complexity index is 436. The summed E-state index contributed by atoms with van der Waals surface area (Å²) in [6, 6.07) is 7.55. The lowest BCUT2D eigenvalue weighted by molar-refractivity contribution is -0.124. The van der Waals surface area contributed by atoms with Crippen molar-refractivity contribution in [2.75, 3.05) is 13.2 Å². The number of para-hydroxylation sites is 1. The molecule has 19 heavy (non-hydrogen) atoms. The van der Waals surface area contributed by atoms with E-state index in [0.717, 1.165) is 12.0 Å². The van der Waals surface area contributed by atoms with Crippen molar-refractivity contribution in [3.05, 3.63) is 29.8 Å². The molecule has 0 aromatic heterocycles. The molecule has 2 rings (SSSR count). The molecule has 1 aliphatic heterocycles. The summed E-state index contributed by atoms with van der Waals surface area (Å²) in [6.45, 7) is 3.05. The Morgan fingerprint density at radius 1 is 1.53 bits per heavy atom. The summed E-state index contributed by atoms with van der Waals surface area (Å²) in [5, 5.41) is 2.92. The van der Waals surface area contributed by atoms with Crippen LogP contribution in [0.3, 0.4) is 0 Å². The first-order valence-electron chi connectivity index (χ1n) is 6.52. The van der Waals surface area contributed by atoms with E-state index in [-0.39, 0.29) is 24.7 Å². The van der Waals surface area contributed by atoms with Gasteiger partial charge in [0, 0.05) is 18.7 Å². The molecule has 1 aliphatic rings. The molecule has 0 aliphatic carbocycles. The zero-order chi connectivity index (χ0) is 13.7. The molecule has 1 aromatic carbocycles. The maximum absolute atomic E-state index is 11.8. The number of amides is 1. The first kappa shape index (κ1) is 13.8. The molecule has 0 saturated carbocycles. The second-order valence-electron chi connectivity index (χ2n) is 4.64. The highest BCUT2D eigenvalue weighted by atomic mass is 16.5. The topological polar surface area (TPSA) is 73.6 Å². The largest absolute Gasteiger partial charge is 0.483 e. The molecular formula is C14H20N2O3. The van der Waals surface area contributed by atoms with Crippen LogP contribution in [0.2, 0.25) is 0 Å². The Hall–Kier alpha value is -1.59. The van der Waals surface area contributed by atoms with Gasteiger partial charge in [-0.05, 0) is 19.4 Å². The Morgan fingerprint density at radius 2 is 2.32 bits per heavy atom. The maximum atomic E-state index is 11.8. The second-order valence-corrected chi connectivity index (χ2v) is 4.64. The number of carbonyl (C=O) groups is 1. The number of hydrogen-bond donors (Lipinski definition) is 2. The van der Waals surface area contributed by atoms with Crippen molar-refractivity contribution in [3.8, 4) is 5.75 Å². The monoisotopic (exact) mass is 264 g/mol. The van der Waals surface area contributed by atoms with Crippen molar-refractivity contribution in [1.29, 1.82) is 0 Å². The van der Waals surface area contributed by atoms with E-state index in [0.29, 0.717) is 18.9 Å². The summed E-state index contributed by atoms with van der Waals surface area (Å²) >= 11 is 0. The van der Waals surface area contributed by atoms with Crippen LogP contribution in [0.25, 0.3) is 0 Å². The van der Waals surface area contributed by atoms with Crippen molar-refractivity contribution in [3.63, 3.8) is 0 Å². The number of nitrogens with two attached hydrogens (primary N) is 1. The summed E-state index contributed by atoms with van der Waals surface area (Å²) in [7, 11) is 0. The van der Waals surface area contributed by atoms with Crippen LogP contribution < -0.4 is 15.8 Å². The van der Waals surface area contributed by atoms with E-state index in [4.69, 9.17) is 15.2 Å². The van der Waals surface area contributed by atoms with Crippen molar-refractivity contribution < 1.29 is 14.3 Å². The summed E-state index contributed by atoms with van der Waals surface area (Å²) in [5.74, 6) is 0.532. The summed E-state index contributed by atoms with van der Waals surface area (Å²) in [5.41, 5.74) is 6.51. The van der Waals surface area contributed by atoms with Crippen molar-refractivity contribution in [2.45, 2.75) is 32.0 Å². The van der Waals surface area contributed by atoms with E-state index < -0.39 is 0 Å². The van der Waals surface area contributed by atoms with Gasteiger partial charge in [0.25, 0.3) is 5.91 Å². The first-order valence-corrected chi connectivity index (χ1v) is 6.52. The highest BCUT2D eigenvalue weighted by Gasteiger charge is 2.25. The molecule has 1 saturated heterocycles. The SMILES string of the molecule is CC1OCCC1NC(=O)COc1ccccc1CN. The van der Waals surface area contributed by atoms with Gasteiger partial charge in [0.05, 0.1) is 12.1 Å². The average molecular weight is 264 g/mol. The molecule has 5 nitrogen and oxygen atoms in total. The van der Waals surface area contributed by atoms with E-state index in [2.05, 4.69) is 5.32 Å². The zero-order valence-corrected chi connectivity index (χ0v) is 11.1. The third-order valence-corrected chi connectivity index (χ3v) is 3.27. The van der Waals surface area contributed by atoms with Crippen LogP contribution in [0.15, 0.2) is 24.3 Å². The Kier molecular flexibility index (Phi) is 4.76. The predicted molar refractivity (Wildman–Crippen MR) is 71.8 cm³/mol. The fourth-order valence-electron chi connectivity index (χ4n) is 2.13. The van der Waals surface area contributed by atoms with Crippen LogP contribution in [0.5, 0.6) is 5.75 Å². The smallest absolute Gasteiger partial charge is 0.258 e. The normalized spacial score (nSPS) is 22.2. The van der Waals surface area contributed by atoms with E-state index in [1.807, 2.05) is 31.2 Å². The minimum Gasteiger partial charge on any atom is -0.483 e. The van der Waals surface area contributed by atoms with Crippen molar-refractivity contribution in [2.24, 2.45) is 5.73 Å². The highest BCUT2D eigenvalue weighted by molar-refractivity contribution is 5.78. The Morgan fingerprint density at radius 3 is 3.00 bits per heavy atom. The fraction of sp³-hybridized carbons (Fsp3) is 0.500. The zero-order valence-electron chi connectivity index (χ0n) is 11.1. The van der Waals surface area contributed by atoms with Gasteiger partial charge in [0.2, 0.25) is 0 Å². The third kappa shape index (κ3) is 3.68. The summed E-state index contributed by atoms with van der Waals surface area (Å²) < 4.78 is 10.9. The molecule has 0 bridgehead atoms. The van der Waals surface area contributed by atoms with Crippen LogP contribution in [-0.4, -0.2) is 31.3 Å². The Balaban J connectivity index is 1.83. The number of benzene rings is 1. The van der Waals surface area contributed by atoms with Crippen LogP contribution in [-0.2, 0) is 16.1 Å².